The van der Waals surface area contributed by atoms with Crippen molar-refractivity contribution in [1.82, 2.24) is 14.9 Å². The van der Waals surface area contributed by atoms with Crippen LogP contribution in [0.15, 0.2) is 16.8 Å². The Morgan fingerprint density at radius 1 is 1.57 bits per heavy atom. The van der Waals surface area contributed by atoms with E-state index in [9.17, 15) is 4.79 Å². The summed E-state index contributed by atoms with van der Waals surface area (Å²) in [7, 11) is 3.12. The van der Waals surface area contributed by atoms with Crippen LogP contribution in [0.5, 0.6) is 0 Å². The van der Waals surface area contributed by atoms with Crippen LogP contribution in [0, 0.1) is 6.92 Å². The minimum Gasteiger partial charge on any atom is -0.396 e. The van der Waals surface area contributed by atoms with Gasteiger partial charge in [0.05, 0.1) is 6.54 Å². The second-order valence-corrected chi connectivity index (χ2v) is 6.79. The first kappa shape index (κ1) is 17.8. The van der Waals surface area contributed by atoms with E-state index >= 15 is 0 Å². The molecule has 1 aromatic heterocycles. The van der Waals surface area contributed by atoms with Crippen molar-refractivity contribution in [3.05, 3.63) is 28.2 Å². The number of aliphatic hydroxyl groups excluding tert-OH is 1. The Morgan fingerprint density at radius 2 is 2.29 bits per heavy atom. The lowest BCUT2D eigenvalue weighted by atomic mass is 10.2. The minimum absolute atomic E-state index is 0.0444. The number of hydrogen-bond donors (Lipinski definition) is 2. The van der Waals surface area contributed by atoms with Gasteiger partial charge in [0.15, 0.2) is 0 Å². The van der Waals surface area contributed by atoms with E-state index in [4.69, 9.17) is 10.8 Å². The fourth-order valence-electron chi connectivity index (χ4n) is 1.70. The molecule has 0 saturated carbocycles. The highest BCUT2D eigenvalue weighted by Gasteiger charge is 2.13. The lowest BCUT2D eigenvalue weighted by molar-refractivity contribution is -0.116. The molecule has 0 spiro atoms. The summed E-state index contributed by atoms with van der Waals surface area (Å²) in [4.78, 5) is 22.1. The van der Waals surface area contributed by atoms with Crippen LogP contribution in [-0.4, -0.2) is 39.2 Å². The number of aryl methyl sites for hydroxylation is 1. The molecule has 6 nitrogen and oxygen atoms in total. The van der Waals surface area contributed by atoms with E-state index in [1.807, 2.05) is 13.2 Å². The molecule has 116 valence electrons. The van der Waals surface area contributed by atoms with Crippen molar-refractivity contribution in [3.63, 3.8) is 0 Å². The van der Waals surface area contributed by atoms with Crippen molar-refractivity contribution >= 4 is 33.8 Å². The van der Waals surface area contributed by atoms with Crippen molar-refractivity contribution in [2.24, 2.45) is 0 Å². The number of nitrogens with two attached hydrogens (primary N) is 1. The molecule has 0 radical (unpaired) electrons. The number of carbonyl (C=O) groups excluding carboxylic acids is 1. The number of carbonyl (C=O) groups is 1. The number of nitrogens with zero attached hydrogens (tertiary/aromatic N) is 3. The topological polar surface area (TPSA) is 92.3 Å². The molecule has 8 heteroatoms. The molecule has 1 rings (SSSR count). The van der Waals surface area contributed by atoms with E-state index in [0.717, 1.165) is 17.0 Å². The number of allylic oxidation sites excluding steroid dienone is 1. The third-order valence-corrected chi connectivity index (χ3v) is 4.81. The van der Waals surface area contributed by atoms with Crippen LogP contribution in [0.4, 0.5) is 5.82 Å². The first-order valence-corrected chi connectivity index (χ1v) is 8.90. The molecule has 1 heterocycles. The fraction of sp³-hybridized carbons (Fsp3) is 0.462. The van der Waals surface area contributed by atoms with Gasteiger partial charge in [0, 0.05) is 35.4 Å². The van der Waals surface area contributed by atoms with Crippen molar-refractivity contribution in [2.45, 2.75) is 26.8 Å². The third-order valence-electron chi connectivity index (χ3n) is 2.84. The van der Waals surface area contributed by atoms with Gasteiger partial charge in [-0.05, 0) is 20.1 Å². The maximum absolute atomic E-state index is 11.4. The standard InChI is InChI=1S/C13H20N4O2S2/c1-9(12(4-5-18)21-20-3)17(8-19)7-11-6-15-10(2)16-13(11)14/h6,8,18H,4-5,7H2,1-3H3,(H2,14,15,16). The first-order chi connectivity index (χ1) is 10.0. The fourth-order valence-corrected chi connectivity index (χ4v) is 3.53. The van der Waals surface area contributed by atoms with Crippen molar-refractivity contribution < 1.29 is 9.90 Å². The smallest absolute Gasteiger partial charge is 0.214 e. The van der Waals surface area contributed by atoms with E-state index in [2.05, 4.69) is 9.97 Å². The SMILES string of the molecule is CSSC(CCO)=C(C)N(C=O)Cc1cnc(C)nc1N. The molecular formula is C13H20N4O2S2. The number of aliphatic hydroxyl groups is 1. The number of aromatic nitrogens is 2. The van der Waals surface area contributed by atoms with Crippen LogP contribution in [0.3, 0.4) is 0 Å². The average molecular weight is 328 g/mol. The Morgan fingerprint density at radius 3 is 2.81 bits per heavy atom. The summed E-state index contributed by atoms with van der Waals surface area (Å²) in [6.45, 7) is 3.97. The zero-order chi connectivity index (χ0) is 15.8. The van der Waals surface area contributed by atoms with Gasteiger partial charge in [0.25, 0.3) is 0 Å². The Balaban J connectivity index is 3.00. The minimum atomic E-state index is 0.0444. The number of hydrogen-bond acceptors (Lipinski definition) is 7. The molecule has 0 aromatic carbocycles. The van der Waals surface area contributed by atoms with Crippen molar-refractivity contribution in [2.75, 3.05) is 18.6 Å². The zero-order valence-electron chi connectivity index (χ0n) is 12.4. The van der Waals surface area contributed by atoms with Crippen LogP contribution in [0.25, 0.3) is 0 Å². The normalized spacial score (nSPS) is 12.0. The number of rotatable bonds is 8. The maximum Gasteiger partial charge on any atom is 0.214 e. The van der Waals surface area contributed by atoms with Gasteiger partial charge in [-0.3, -0.25) is 4.79 Å². The highest BCUT2D eigenvalue weighted by atomic mass is 33.1. The molecule has 0 atom stereocenters. The van der Waals surface area contributed by atoms with Crippen molar-refractivity contribution in [3.8, 4) is 0 Å². The predicted octanol–water partition coefficient (Wildman–Crippen LogP) is 1.95. The highest BCUT2D eigenvalue weighted by molar-refractivity contribution is 8.77. The predicted molar refractivity (Wildman–Crippen MR) is 88.3 cm³/mol. The van der Waals surface area contributed by atoms with E-state index in [1.54, 1.807) is 39.6 Å². The molecular weight excluding hydrogens is 308 g/mol. The number of anilines is 1. The van der Waals surface area contributed by atoms with Gasteiger partial charge in [0.1, 0.15) is 11.6 Å². The van der Waals surface area contributed by atoms with E-state index in [0.29, 0.717) is 30.2 Å². The third kappa shape index (κ3) is 5.22. The molecule has 1 amide bonds. The van der Waals surface area contributed by atoms with Crippen LogP contribution in [0.2, 0.25) is 0 Å². The molecule has 0 aliphatic rings. The lowest BCUT2D eigenvalue weighted by Crippen LogP contribution is -2.21. The molecule has 0 aliphatic carbocycles. The zero-order valence-corrected chi connectivity index (χ0v) is 14.0. The summed E-state index contributed by atoms with van der Waals surface area (Å²) in [5.41, 5.74) is 7.36. The lowest BCUT2D eigenvalue weighted by Gasteiger charge is -2.21. The Hall–Kier alpha value is -1.25. The second-order valence-electron chi connectivity index (χ2n) is 4.29. The van der Waals surface area contributed by atoms with Crippen LogP contribution < -0.4 is 5.73 Å². The van der Waals surface area contributed by atoms with E-state index in [1.165, 1.54) is 0 Å². The van der Waals surface area contributed by atoms with Gasteiger partial charge in [0.2, 0.25) is 6.41 Å². The Kier molecular flexibility index (Phi) is 7.55. The van der Waals surface area contributed by atoms with Gasteiger partial charge in [-0.2, -0.15) is 0 Å². The molecule has 0 bridgehead atoms. The largest absolute Gasteiger partial charge is 0.396 e. The molecule has 0 unspecified atom stereocenters. The maximum atomic E-state index is 11.4. The van der Waals surface area contributed by atoms with Gasteiger partial charge in [-0.25, -0.2) is 9.97 Å². The highest BCUT2D eigenvalue weighted by Crippen LogP contribution is 2.33. The van der Waals surface area contributed by atoms with Gasteiger partial charge < -0.3 is 15.7 Å². The quantitative estimate of drug-likeness (QED) is 0.556. The molecule has 0 saturated heterocycles. The van der Waals surface area contributed by atoms with Gasteiger partial charge >= 0.3 is 0 Å². The van der Waals surface area contributed by atoms with Crippen LogP contribution in [-0.2, 0) is 11.3 Å². The van der Waals surface area contributed by atoms with Gasteiger partial charge in [-0.1, -0.05) is 21.6 Å². The summed E-state index contributed by atoms with van der Waals surface area (Å²) in [5, 5.41) is 9.13. The van der Waals surface area contributed by atoms with Crippen molar-refractivity contribution in [1.29, 1.82) is 0 Å². The monoisotopic (exact) mass is 328 g/mol. The van der Waals surface area contributed by atoms with Crippen LogP contribution in [0.1, 0.15) is 24.7 Å². The number of nitrogen functional groups attached to an aromatic ring is 1. The first-order valence-electron chi connectivity index (χ1n) is 6.34. The molecule has 0 fully saturated rings. The average Bonchev–Trinajstić information content (AvgIpc) is 2.45. The van der Waals surface area contributed by atoms with E-state index in [-0.39, 0.29) is 6.61 Å². The summed E-state index contributed by atoms with van der Waals surface area (Å²) in [6.07, 6.45) is 4.86. The summed E-state index contributed by atoms with van der Waals surface area (Å²) >= 11 is 0. The van der Waals surface area contributed by atoms with E-state index < -0.39 is 0 Å². The number of amides is 1. The molecule has 1 aromatic rings. The second kappa shape index (κ2) is 8.91. The Labute approximate surface area is 132 Å². The summed E-state index contributed by atoms with van der Waals surface area (Å²) in [5.74, 6) is 0.975. The molecule has 0 aliphatic heterocycles. The van der Waals surface area contributed by atoms with Gasteiger partial charge in [-0.15, -0.1) is 0 Å². The summed E-state index contributed by atoms with van der Waals surface area (Å²) in [6, 6.07) is 0. The molecule has 21 heavy (non-hydrogen) atoms. The Bertz CT molecular complexity index is 515. The van der Waals surface area contributed by atoms with Crippen LogP contribution >= 0.6 is 21.6 Å². The summed E-state index contributed by atoms with van der Waals surface area (Å²) < 4.78 is 0. The molecule has 3 N–H and O–H groups in total.